The fraction of sp³-hybridized carbons (Fsp3) is 0.769. The lowest BCUT2D eigenvalue weighted by molar-refractivity contribution is 0.377. The molecule has 3 heterocycles. The molecule has 0 bridgehead atoms. The minimum Gasteiger partial charge on any atom is -0.328 e. The van der Waals surface area contributed by atoms with Crippen LogP contribution in [0.3, 0.4) is 0 Å². The Bertz CT molecular complexity index is 407. The van der Waals surface area contributed by atoms with E-state index in [9.17, 15) is 0 Å². The number of fused-ring (bicyclic) bond motifs is 1. The molecule has 0 spiro atoms. The molecule has 1 saturated heterocycles. The Morgan fingerprint density at radius 1 is 1.29 bits per heavy atom. The third-order valence-electron chi connectivity index (χ3n) is 4.17. The summed E-state index contributed by atoms with van der Waals surface area (Å²) in [5.41, 5.74) is 1.28. The highest BCUT2D eigenvalue weighted by molar-refractivity contribution is 6.30. The Balaban J connectivity index is 1.98. The average molecular weight is 254 g/mol. The van der Waals surface area contributed by atoms with Crippen LogP contribution in [0.2, 0.25) is 5.15 Å². The van der Waals surface area contributed by atoms with Crippen molar-refractivity contribution in [1.82, 2.24) is 14.9 Å². The molecule has 1 unspecified atom stereocenters. The van der Waals surface area contributed by atoms with Crippen molar-refractivity contribution < 1.29 is 0 Å². The van der Waals surface area contributed by atoms with Crippen molar-refractivity contribution >= 4 is 11.6 Å². The van der Waals surface area contributed by atoms with E-state index >= 15 is 0 Å². The van der Waals surface area contributed by atoms with Gasteiger partial charge in [0.25, 0.3) is 0 Å². The van der Waals surface area contributed by atoms with Crippen LogP contribution in [0.1, 0.15) is 56.1 Å². The zero-order valence-corrected chi connectivity index (χ0v) is 11.1. The maximum absolute atomic E-state index is 6.30. The van der Waals surface area contributed by atoms with Gasteiger partial charge in [-0.1, -0.05) is 11.6 Å². The average Bonchev–Trinajstić information content (AvgIpc) is 2.70. The van der Waals surface area contributed by atoms with Crippen LogP contribution in [0.5, 0.6) is 0 Å². The van der Waals surface area contributed by atoms with E-state index in [0.717, 1.165) is 24.7 Å². The molecule has 1 aromatic rings. The molecule has 1 fully saturated rings. The first kappa shape index (κ1) is 11.5. The van der Waals surface area contributed by atoms with E-state index in [1.165, 1.54) is 37.2 Å². The zero-order chi connectivity index (χ0) is 11.8. The van der Waals surface area contributed by atoms with E-state index in [1.807, 2.05) is 0 Å². The first-order chi connectivity index (χ1) is 8.27. The summed E-state index contributed by atoms with van der Waals surface area (Å²) >= 11 is 6.30. The van der Waals surface area contributed by atoms with Crippen molar-refractivity contribution in [2.24, 2.45) is 0 Å². The number of halogens is 1. The SMILES string of the molecule is CC1CCCc2c(Cl)nc(C3CCNCC3)n21. The van der Waals surface area contributed by atoms with E-state index < -0.39 is 0 Å². The zero-order valence-electron chi connectivity index (χ0n) is 10.4. The maximum Gasteiger partial charge on any atom is 0.150 e. The van der Waals surface area contributed by atoms with E-state index in [4.69, 9.17) is 11.6 Å². The van der Waals surface area contributed by atoms with E-state index in [2.05, 4.69) is 21.8 Å². The molecule has 1 atom stereocenters. The van der Waals surface area contributed by atoms with Crippen LogP contribution in [0.15, 0.2) is 0 Å². The van der Waals surface area contributed by atoms with Crippen molar-refractivity contribution in [1.29, 1.82) is 0 Å². The highest BCUT2D eigenvalue weighted by atomic mass is 35.5. The topological polar surface area (TPSA) is 29.9 Å². The Labute approximate surface area is 108 Å². The van der Waals surface area contributed by atoms with Gasteiger partial charge in [0.05, 0.1) is 5.69 Å². The molecule has 0 aliphatic carbocycles. The number of nitrogens with zero attached hydrogens (tertiary/aromatic N) is 2. The predicted octanol–water partition coefficient (Wildman–Crippen LogP) is 2.90. The highest BCUT2D eigenvalue weighted by Crippen LogP contribution is 2.35. The number of rotatable bonds is 1. The van der Waals surface area contributed by atoms with Gasteiger partial charge in [-0.05, 0) is 52.1 Å². The van der Waals surface area contributed by atoms with Crippen molar-refractivity contribution in [2.75, 3.05) is 13.1 Å². The van der Waals surface area contributed by atoms with Crippen molar-refractivity contribution in [3.05, 3.63) is 16.7 Å². The van der Waals surface area contributed by atoms with Gasteiger partial charge in [-0.25, -0.2) is 4.98 Å². The van der Waals surface area contributed by atoms with Crippen LogP contribution in [0.4, 0.5) is 0 Å². The second kappa shape index (κ2) is 4.62. The monoisotopic (exact) mass is 253 g/mol. The molecular formula is C13H20ClN3. The molecule has 1 aromatic heterocycles. The highest BCUT2D eigenvalue weighted by Gasteiger charge is 2.28. The Kier molecular flexibility index (Phi) is 3.14. The molecule has 1 N–H and O–H groups in total. The van der Waals surface area contributed by atoms with Crippen molar-refractivity contribution in [2.45, 2.75) is 51.0 Å². The van der Waals surface area contributed by atoms with E-state index in [-0.39, 0.29) is 0 Å². The fourth-order valence-electron chi connectivity index (χ4n) is 3.23. The Morgan fingerprint density at radius 3 is 2.82 bits per heavy atom. The maximum atomic E-state index is 6.30. The second-order valence-electron chi connectivity index (χ2n) is 5.34. The number of nitrogens with one attached hydrogen (secondary N) is 1. The van der Waals surface area contributed by atoms with Gasteiger partial charge < -0.3 is 9.88 Å². The molecule has 17 heavy (non-hydrogen) atoms. The third-order valence-corrected chi connectivity index (χ3v) is 4.47. The van der Waals surface area contributed by atoms with Gasteiger partial charge in [-0.3, -0.25) is 0 Å². The first-order valence-corrected chi connectivity index (χ1v) is 7.12. The quantitative estimate of drug-likeness (QED) is 0.834. The predicted molar refractivity (Wildman–Crippen MR) is 69.7 cm³/mol. The van der Waals surface area contributed by atoms with Gasteiger partial charge in [0.15, 0.2) is 5.15 Å². The van der Waals surface area contributed by atoms with E-state index in [1.54, 1.807) is 0 Å². The standard InChI is InChI=1S/C13H20ClN3/c1-9-3-2-4-11-12(14)16-13(17(9)11)10-5-7-15-8-6-10/h9-10,15H,2-8H2,1H3. The molecule has 3 rings (SSSR count). The minimum atomic E-state index is 0.573. The van der Waals surface area contributed by atoms with Gasteiger partial charge >= 0.3 is 0 Å². The largest absolute Gasteiger partial charge is 0.328 e. The normalized spacial score (nSPS) is 25.9. The summed E-state index contributed by atoms with van der Waals surface area (Å²) in [7, 11) is 0. The molecule has 4 heteroatoms. The second-order valence-corrected chi connectivity index (χ2v) is 5.70. The molecule has 0 radical (unpaired) electrons. The van der Waals surface area contributed by atoms with E-state index in [0.29, 0.717) is 12.0 Å². The molecular weight excluding hydrogens is 234 g/mol. The molecule has 3 nitrogen and oxygen atoms in total. The Hall–Kier alpha value is -0.540. The summed E-state index contributed by atoms with van der Waals surface area (Å²) in [5.74, 6) is 1.85. The molecule has 2 aliphatic rings. The number of piperidine rings is 1. The van der Waals surface area contributed by atoms with Crippen LogP contribution in [-0.4, -0.2) is 22.6 Å². The van der Waals surface area contributed by atoms with Crippen molar-refractivity contribution in [3.8, 4) is 0 Å². The number of aromatic nitrogens is 2. The summed E-state index contributed by atoms with van der Waals surface area (Å²) in [6, 6.07) is 0.573. The molecule has 0 aromatic carbocycles. The van der Waals surface area contributed by atoms with Crippen LogP contribution < -0.4 is 5.32 Å². The molecule has 94 valence electrons. The fourth-order valence-corrected chi connectivity index (χ4v) is 3.51. The Morgan fingerprint density at radius 2 is 2.06 bits per heavy atom. The number of hydrogen-bond acceptors (Lipinski definition) is 2. The van der Waals surface area contributed by atoms with Crippen LogP contribution in [-0.2, 0) is 6.42 Å². The third kappa shape index (κ3) is 2.00. The molecule has 0 amide bonds. The van der Waals surface area contributed by atoms with Gasteiger partial charge in [0, 0.05) is 12.0 Å². The van der Waals surface area contributed by atoms with Crippen LogP contribution >= 0.6 is 11.6 Å². The smallest absolute Gasteiger partial charge is 0.150 e. The molecule has 2 aliphatic heterocycles. The number of hydrogen-bond donors (Lipinski definition) is 1. The number of imidazole rings is 1. The molecule has 0 saturated carbocycles. The summed E-state index contributed by atoms with van der Waals surface area (Å²) in [4.78, 5) is 4.67. The van der Waals surface area contributed by atoms with Gasteiger partial charge in [-0.15, -0.1) is 0 Å². The summed E-state index contributed by atoms with van der Waals surface area (Å²) in [5, 5.41) is 4.17. The lowest BCUT2D eigenvalue weighted by Crippen LogP contribution is -2.29. The first-order valence-electron chi connectivity index (χ1n) is 6.74. The summed E-state index contributed by atoms with van der Waals surface area (Å²) in [6.45, 7) is 4.52. The summed E-state index contributed by atoms with van der Waals surface area (Å²) in [6.07, 6.45) is 6.00. The summed E-state index contributed by atoms with van der Waals surface area (Å²) < 4.78 is 2.43. The van der Waals surface area contributed by atoms with Crippen molar-refractivity contribution in [3.63, 3.8) is 0 Å². The lowest BCUT2D eigenvalue weighted by atomic mass is 9.96. The van der Waals surface area contributed by atoms with Gasteiger partial charge in [0.1, 0.15) is 5.82 Å². The van der Waals surface area contributed by atoms with Crippen LogP contribution in [0, 0.1) is 0 Å². The van der Waals surface area contributed by atoms with Crippen LogP contribution in [0.25, 0.3) is 0 Å². The minimum absolute atomic E-state index is 0.573. The van der Waals surface area contributed by atoms with Gasteiger partial charge in [0.2, 0.25) is 0 Å². The lowest BCUT2D eigenvalue weighted by Gasteiger charge is -2.28. The van der Waals surface area contributed by atoms with Gasteiger partial charge in [-0.2, -0.15) is 0 Å².